The summed E-state index contributed by atoms with van der Waals surface area (Å²) < 4.78 is 51.2. The summed E-state index contributed by atoms with van der Waals surface area (Å²) in [6.07, 6.45) is 4.84. The number of benzene rings is 1. The van der Waals surface area contributed by atoms with Crippen LogP contribution in [-0.4, -0.2) is 94.3 Å². The third-order valence-electron chi connectivity index (χ3n) is 10.7. The maximum atomic E-state index is 16.7. The predicted octanol–water partition coefficient (Wildman–Crippen LogP) is 4.87. The first-order valence-corrected chi connectivity index (χ1v) is 16.0. The maximum Gasteiger partial charge on any atom is 0.319 e. The summed E-state index contributed by atoms with van der Waals surface area (Å²) in [5, 5.41) is 0.366. The van der Waals surface area contributed by atoms with Crippen LogP contribution in [0.2, 0.25) is 0 Å². The second kappa shape index (κ2) is 10.9. The number of nitrogens with zero attached hydrogens (tertiary/aromatic N) is 7. The fraction of sp³-hybridized carbons (Fsp3) is 0.500. The van der Waals surface area contributed by atoms with Gasteiger partial charge in [0.15, 0.2) is 11.6 Å². The molecule has 1 amide bonds. The monoisotopic (exact) mass is 629 g/mol. The summed E-state index contributed by atoms with van der Waals surface area (Å²) in [7, 11) is 0. The van der Waals surface area contributed by atoms with Crippen LogP contribution in [0.25, 0.3) is 27.0 Å². The lowest BCUT2D eigenvalue weighted by Gasteiger charge is -2.39. The molecule has 8 rings (SSSR count). The molecule has 0 bridgehead atoms. The zero-order valence-electron chi connectivity index (χ0n) is 25.4. The molecule has 0 unspecified atom stereocenters. The van der Waals surface area contributed by atoms with Crippen molar-refractivity contribution >= 4 is 22.6 Å². The molecular weight excluding hydrogens is 595 g/mol. The van der Waals surface area contributed by atoms with Gasteiger partial charge in [0, 0.05) is 44.4 Å². The quantitative estimate of drug-likeness (QED) is 0.273. The van der Waals surface area contributed by atoms with Crippen molar-refractivity contribution in [3.8, 4) is 17.3 Å². The van der Waals surface area contributed by atoms with Crippen LogP contribution in [0.5, 0.6) is 6.01 Å². The van der Waals surface area contributed by atoms with Gasteiger partial charge in [-0.25, -0.2) is 19.7 Å². The van der Waals surface area contributed by atoms with E-state index < -0.39 is 35.3 Å². The van der Waals surface area contributed by atoms with E-state index in [1.54, 1.807) is 6.20 Å². The van der Waals surface area contributed by atoms with Crippen molar-refractivity contribution < 1.29 is 22.7 Å². The normalized spacial score (nSPS) is 28.1. The minimum Gasteiger partial charge on any atom is -0.461 e. The van der Waals surface area contributed by atoms with E-state index in [0.717, 1.165) is 36.9 Å². The van der Waals surface area contributed by atoms with Crippen LogP contribution in [0.3, 0.4) is 0 Å². The number of hydrogen-bond acceptors (Lipinski definition) is 7. The molecule has 0 radical (unpaired) electrons. The topological polar surface area (TPSA) is 79.1 Å². The van der Waals surface area contributed by atoms with Crippen molar-refractivity contribution in [1.82, 2.24) is 24.8 Å². The van der Waals surface area contributed by atoms with Gasteiger partial charge in [0.1, 0.15) is 35.8 Å². The average molecular weight is 630 g/mol. The fourth-order valence-corrected chi connectivity index (χ4v) is 8.41. The van der Waals surface area contributed by atoms with Gasteiger partial charge in [-0.05, 0) is 55.2 Å². The molecule has 0 spiro atoms. The van der Waals surface area contributed by atoms with Crippen LogP contribution >= 0.6 is 0 Å². The Bertz CT molecular complexity index is 1810. The van der Waals surface area contributed by atoms with Crippen LogP contribution in [-0.2, 0) is 11.2 Å². The molecule has 9 nitrogen and oxygen atoms in total. The number of alkyl halides is 1. The first-order valence-electron chi connectivity index (χ1n) is 16.0. The van der Waals surface area contributed by atoms with Crippen molar-refractivity contribution in [2.24, 2.45) is 5.92 Å². The Morgan fingerprint density at radius 2 is 2.09 bits per heavy atom. The third-order valence-corrected chi connectivity index (χ3v) is 10.7. The standard InChI is InChI=1S/C34H34F3N7O2/c1-19(35)32(45)44-10-9-42(17-22(44)14-38-2)31-27-15-39-29(24-6-3-5-23-25-11-20(25)12-26(23)24)28(37)30(27)40-33(41-31)46-18-34-7-4-8-43(34)16-21(36)13-34/h3,5-6,15,20-22,25H,1,4,7-14,16-18H2/t20-,21-,22+,25-,34+/m1/s1. The van der Waals surface area contributed by atoms with Gasteiger partial charge in [-0.1, -0.05) is 24.8 Å². The number of aromatic nitrogens is 3. The Hall–Kier alpha value is -4.24. The third kappa shape index (κ3) is 4.70. The van der Waals surface area contributed by atoms with Crippen LogP contribution in [0, 0.1) is 18.3 Å². The zero-order valence-corrected chi connectivity index (χ0v) is 25.4. The summed E-state index contributed by atoms with van der Waals surface area (Å²) in [6.45, 7) is 12.4. The highest BCUT2D eigenvalue weighted by atomic mass is 19.1. The summed E-state index contributed by atoms with van der Waals surface area (Å²) >= 11 is 0. The van der Waals surface area contributed by atoms with Gasteiger partial charge in [-0.2, -0.15) is 9.97 Å². The number of carbonyl (C=O) groups is 1. The number of anilines is 1. The molecule has 5 aliphatic rings. The number of carbonyl (C=O) groups excluding carboxylic acids is 1. The highest BCUT2D eigenvalue weighted by Gasteiger charge is 2.50. The molecule has 5 atom stereocenters. The summed E-state index contributed by atoms with van der Waals surface area (Å²) in [5.74, 6) is -0.993. The summed E-state index contributed by atoms with van der Waals surface area (Å²) in [6, 6.07) is 5.32. The average Bonchev–Trinajstić information content (AvgIpc) is 3.39. The van der Waals surface area contributed by atoms with E-state index in [2.05, 4.69) is 32.4 Å². The van der Waals surface area contributed by atoms with E-state index in [-0.39, 0.29) is 50.0 Å². The number of hydrogen-bond donors (Lipinski definition) is 0. The Morgan fingerprint density at radius 1 is 1.22 bits per heavy atom. The minimum atomic E-state index is -1.09. The maximum absolute atomic E-state index is 16.7. The number of pyridine rings is 1. The summed E-state index contributed by atoms with van der Waals surface area (Å²) in [5.41, 5.74) is 3.00. The highest BCUT2D eigenvalue weighted by Crippen LogP contribution is 2.57. The van der Waals surface area contributed by atoms with Crippen molar-refractivity contribution in [2.75, 3.05) is 50.8 Å². The smallest absolute Gasteiger partial charge is 0.319 e. The Labute approximate surface area is 264 Å². The van der Waals surface area contributed by atoms with Crippen LogP contribution < -0.4 is 9.64 Å². The van der Waals surface area contributed by atoms with Gasteiger partial charge in [0.25, 0.3) is 5.91 Å². The molecule has 0 N–H and O–H groups in total. The molecule has 46 heavy (non-hydrogen) atoms. The van der Waals surface area contributed by atoms with Crippen LogP contribution in [0.1, 0.15) is 42.7 Å². The van der Waals surface area contributed by atoms with Gasteiger partial charge in [-0.3, -0.25) is 14.7 Å². The minimum absolute atomic E-state index is 0.0287. The van der Waals surface area contributed by atoms with Crippen molar-refractivity contribution in [3.05, 3.63) is 65.2 Å². The van der Waals surface area contributed by atoms with E-state index in [0.29, 0.717) is 36.0 Å². The number of piperazine rings is 1. The zero-order chi connectivity index (χ0) is 31.7. The molecule has 238 valence electrons. The Kier molecular flexibility index (Phi) is 6.94. The molecule has 12 heteroatoms. The van der Waals surface area contributed by atoms with E-state index >= 15 is 4.39 Å². The molecule has 1 saturated carbocycles. The van der Waals surface area contributed by atoms with E-state index in [9.17, 15) is 13.6 Å². The molecule has 2 aliphatic carbocycles. The van der Waals surface area contributed by atoms with E-state index in [1.165, 1.54) is 16.9 Å². The summed E-state index contributed by atoms with van der Waals surface area (Å²) in [4.78, 5) is 35.2. The number of fused-ring (bicyclic) bond motifs is 5. The lowest BCUT2D eigenvalue weighted by molar-refractivity contribution is -0.131. The first kappa shape index (κ1) is 29.2. The lowest BCUT2D eigenvalue weighted by Crippen LogP contribution is -2.56. The second-order valence-corrected chi connectivity index (χ2v) is 13.4. The predicted molar refractivity (Wildman–Crippen MR) is 165 cm³/mol. The van der Waals surface area contributed by atoms with Gasteiger partial charge < -0.3 is 19.4 Å². The SMILES string of the molecule is [C-]#[N+]C[C@H]1CN(c2nc(OC[C@@]34CCCN3C[C@H](F)C4)nc3c(F)c(-c4cccc5c4C[C@H]4C[C@@H]54)ncc23)CCN1C(=O)C(=C)F. The van der Waals surface area contributed by atoms with Gasteiger partial charge >= 0.3 is 6.01 Å². The van der Waals surface area contributed by atoms with Crippen molar-refractivity contribution in [1.29, 1.82) is 0 Å². The Balaban J connectivity index is 1.19. The number of rotatable bonds is 7. The van der Waals surface area contributed by atoms with Crippen molar-refractivity contribution in [2.45, 2.75) is 55.8 Å². The lowest BCUT2D eigenvalue weighted by atomic mass is 9.95. The van der Waals surface area contributed by atoms with Gasteiger partial charge in [0.05, 0.1) is 10.9 Å². The molecule has 3 aliphatic heterocycles. The number of halogens is 3. The van der Waals surface area contributed by atoms with Crippen molar-refractivity contribution in [3.63, 3.8) is 0 Å². The molecule has 4 fully saturated rings. The fourth-order valence-electron chi connectivity index (χ4n) is 8.41. The Morgan fingerprint density at radius 3 is 2.91 bits per heavy atom. The molecule has 3 aromatic rings. The van der Waals surface area contributed by atoms with Gasteiger partial charge in [-0.15, -0.1) is 0 Å². The van der Waals surface area contributed by atoms with Crippen LogP contribution in [0.15, 0.2) is 36.8 Å². The molecular formula is C34H34F3N7O2. The second-order valence-electron chi connectivity index (χ2n) is 13.4. The first-order chi connectivity index (χ1) is 22.3. The number of amides is 1. The molecule has 5 heterocycles. The number of ether oxygens (including phenoxy) is 1. The molecule has 2 aromatic heterocycles. The van der Waals surface area contributed by atoms with Gasteiger partial charge in [0.2, 0.25) is 6.54 Å². The largest absolute Gasteiger partial charge is 0.461 e. The van der Waals surface area contributed by atoms with E-state index in [1.807, 2.05) is 17.0 Å². The molecule has 1 aromatic carbocycles. The highest BCUT2D eigenvalue weighted by molar-refractivity contribution is 5.93. The molecule has 3 saturated heterocycles. The van der Waals surface area contributed by atoms with Crippen LogP contribution in [0.4, 0.5) is 19.0 Å². The van der Waals surface area contributed by atoms with E-state index in [4.69, 9.17) is 16.3 Å².